The lowest BCUT2D eigenvalue weighted by molar-refractivity contribution is -0.384. The molecule has 0 aliphatic rings. The predicted octanol–water partition coefficient (Wildman–Crippen LogP) is 2.77. The summed E-state index contributed by atoms with van der Waals surface area (Å²) < 4.78 is 0. The number of anilines is 1. The van der Waals surface area contributed by atoms with Gasteiger partial charge in [0.15, 0.2) is 0 Å². The van der Waals surface area contributed by atoms with Crippen LogP contribution < -0.4 is 10.7 Å². The van der Waals surface area contributed by atoms with E-state index in [4.69, 9.17) is 0 Å². The van der Waals surface area contributed by atoms with Gasteiger partial charge in [0.05, 0.1) is 17.7 Å². The van der Waals surface area contributed by atoms with Gasteiger partial charge in [0, 0.05) is 17.8 Å². The number of nitrogens with zero attached hydrogens (tertiary/aromatic N) is 2. The summed E-state index contributed by atoms with van der Waals surface area (Å²) in [4.78, 5) is 21.8. The average Bonchev–Trinajstić information content (AvgIpc) is 2.54. The fraction of sp³-hybridized carbons (Fsp3) is 0.176. The van der Waals surface area contributed by atoms with E-state index >= 15 is 0 Å². The smallest absolute Gasteiger partial charge is 0.269 e. The molecule has 0 spiro atoms. The lowest BCUT2D eigenvalue weighted by Crippen LogP contribution is -2.26. The Balaban J connectivity index is 1.83. The second-order valence-corrected chi connectivity index (χ2v) is 5.31. The van der Waals surface area contributed by atoms with Gasteiger partial charge in [-0.15, -0.1) is 0 Å². The van der Waals surface area contributed by atoms with Crippen LogP contribution in [-0.2, 0) is 4.79 Å². The fourth-order valence-corrected chi connectivity index (χ4v) is 2.09. The minimum atomic E-state index is -0.471. The molecule has 0 aliphatic heterocycles. The molecule has 2 N–H and O–H groups in total. The Labute approximate surface area is 139 Å². The third-order valence-corrected chi connectivity index (χ3v) is 3.33. The third-order valence-electron chi connectivity index (χ3n) is 3.33. The lowest BCUT2D eigenvalue weighted by Gasteiger charge is -2.09. The van der Waals surface area contributed by atoms with Gasteiger partial charge < -0.3 is 5.32 Å². The van der Waals surface area contributed by atoms with Crippen molar-refractivity contribution < 1.29 is 9.72 Å². The SMILES string of the molecule is Cc1ccc(NCC(=O)N/N=C\c2ccc([N+](=O)[O-])cc2)c(C)c1. The van der Waals surface area contributed by atoms with E-state index in [1.165, 1.54) is 18.3 Å². The number of carbonyl (C=O) groups excluding carboxylic acids is 1. The van der Waals surface area contributed by atoms with Crippen LogP contribution in [0.15, 0.2) is 47.6 Å². The molecule has 124 valence electrons. The van der Waals surface area contributed by atoms with Crippen molar-refractivity contribution in [1.29, 1.82) is 0 Å². The molecule has 0 heterocycles. The Hall–Kier alpha value is -3.22. The van der Waals surface area contributed by atoms with E-state index in [2.05, 4.69) is 15.8 Å². The zero-order valence-corrected chi connectivity index (χ0v) is 13.4. The Kier molecular flexibility index (Phi) is 5.62. The van der Waals surface area contributed by atoms with Crippen LogP contribution in [0.1, 0.15) is 16.7 Å². The zero-order chi connectivity index (χ0) is 17.5. The number of nitrogens with one attached hydrogen (secondary N) is 2. The molecular formula is C17H18N4O3. The van der Waals surface area contributed by atoms with E-state index in [1.807, 2.05) is 32.0 Å². The summed E-state index contributed by atoms with van der Waals surface area (Å²) in [6.07, 6.45) is 1.43. The second-order valence-electron chi connectivity index (χ2n) is 5.31. The van der Waals surface area contributed by atoms with Gasteiger partial charge >= 0.3 is 0 Å². The normalized spacial score (nSPS) is 10.6. The maximum Gasteiger partial charge on any atom is 0.269 e. The van der Waals surface area contributed by atoms with Crippen LogP contribution in [0, 0.1) is 24.0 Å². The van der Waals surface area contributed by atoms with E-state index in [9.17, 15) is 14.9 Å². The van der Waals surface area contributed by atoms with Crippen molar-refractivity contribution in [3.63, 3.8) is 0 Å². The molecule has 2 aromatic carbocycles. The number of benzene rings is 2. The first-order chi connectivity index (χ1) is 11.5. The van der Waals surface area contributed by atoms with Gasteiger partial charge in [-0.05, 0) is 43.2 Å². The van der Waals surface area contributed by atoms with Crippen LogP contribution in [0.3, 0.4) is 0 Å². The van der Waals surface area contributed by atoms with E-state index < -0.39 is 4.92 Å². The highest BCUT2D eigenvalue weighted by Crippen LogP contribution is 2.15. The molecule has 0 radical (unpaired) electrons. The predicted molar refractivity (Wildman–Crippen MR) is 93.2 cm³/mol. The number of hydrazone groups is 1. The lowest BCUT2D eigenvalue weighted by atomic mass is 10.1. The van der Waals surface area contributed by atoms with Gasteiger partial charge in [0.2, 0.25) is 0 Å². The molecule has 0 saturated heterocycles. The fourth-order valence-electron chi connectivity index (χ4n) is 2.09. The molecule has 2 rings (SSSR count). The second kappa shape index (κ2) is 7.87. The monoisotopic (exact) mass is 326 g/mol. The highest BCUT2D eigenvalue weighted by atomic mass is 16.6. The molecular weight excluding hydrogens is 308 g/mol. The van der Waals surface area contributed by atoms with E-state index in [1.54, 1.807) is 12.1 Å². The summed E-state index contributed by atoms with van der Waals surface area (Å²) >= 11 is 0. The molecule has 0 aromatic heterocycles. The maximum absolute atomic E-state index is 11.8. The number of rotatable bonds is 6. The highest BCUT2D eigenvalue weighted by Gasteiger charge is 2.04. The van der Waals surface area contributed by atoms with E-state index in [-0.39, 0.29) is 18.1 Å². The number of amides is 1. The first-order valence-corrected chi connectivity index (χ1v) is 7.33. The Morgan fingerprint density at radius 3 is 2.54 bits per heavy atom. The van der Waals surface area contributed by atoms with Crippen molar-refractivity contribution in [3.05, 3.63) is 69.3 Å². The van der Waals surface area contributed by atoms with Crippen LogP contribution in [-0.4, -0.2) is 23.6 Å². The highest BCUT2D eigenvalue weighted by molar-refractivity contribution is 5.84. The molecule has 0 saturated carbocycles. The molecule has 0 bridgehead atoms. The number of aryl methyl sites for hydroxylation is 2. The topological polar surface area (TPSA) is 96.6 Å². The standard InChI is InChI=1S/C17H18N4O3/c1-12-3-8-16(13(2)9-12)18-11-17(22)20-19-10-14-4-6-15(7-5-14)21(23)24/h3-10,18H,11H2,1-2H3,(H,20,22)/b19-10-. The molecule has 0 atom stereocenters. The number of nitro groups is 1. The number of carbonyl (C=O) groups is 1. The van der Waals surface area contributed by atoms with Crippen molar-refractivity contribution in [2.24, 2.45) is 5.10 Å². The van der Waals surface area contributed by atoms with Crippen molar-refractivity contribution in [1.82, 2.24) is 5.43 Å². The Bertz CT molecular complexity index is 770. The summed E-state index contributed by atoms with van der Waals surface area (Å²) in [7, 11) is 0. The molecule has 1 amide bonds. The summed E-state index contributed by atoms with van der Waals surface area (Å²) in [5.74, 6) is -0.284. The summed E-state index contributed by atoms with van der Waals surface area (Å²) in [6, 6.07) is 11.8. The summed E-state index contributed by atoms with van der Waals surface area (Å²) in [5.41, 5.74) is 6.20. The van der Waals surface area contributed by atoms with Crippen LogP contribution in [0.2, 0.25) is 0 Å². The quantitative estimate of drug-likeness (QED) is 0.484. The van der Waals surface area contributed by atoms with E-state index in [0.29, 0.717) is 5.56 Å². The van der Waals surface area contributed by atoms with Gasteiger partial charge in [-0.2, -0.15) is 5.10 Å². The van der Waals surface area contributed by atoms with Crippen LogP contribution >= 0.6 is 0 Å². The summed E-state index contributed by atoms with van der Waals surface area (Å²) in [6.45, 7) is 4.08. The third kappa shape index (κ3) is 4.91. The molecule has 24 heavy (non-hydrogen) atoms. The first kappa shape index (κ1) is 17.1. The molecule has 2 aromatic rings. The van der Waals surface area contributed by atoms with Gasteiger partial charge in [-0.1, -0.05) is 17.7 Å². The van der Waals surface area contributed by atoms with Gasteiger partial charge in [-0.3, -0.25) is 14.9 Å². The molecule has 0 aliphatic carbocycles. The Morgan fingerprint density at radius 2 is 1.92 bits per heavy atom. The van der Waals surface area contributed by atoms with Crippen molar-refractivity contribution >= 4 is 23.5 Å². The van der Waals surface area contributed by atoms with Crippen LogP contribution in [0.25, 0.3) is 0 Å². The molecule has 0 fully saturated rings. The van der Waals surface area contributed by atoms with Crippen molar-refractivity contribution in [2.75, 3.05) is 11.9 Å². The molecule has 7 nitrogen and oxygen atoms in total. The number of hydrogen-bond acceptors (Lipinski definition) is 5. The minimum absolute atomic E-state index is 0.00820. The molecule has 0 unspecified atom stereocenters. The number of hydrogen-bond donors (Lipinski definition) is 2. The Morgan fingerprint density at radius 1 is 1.21 bits per heavy atom. The largest absolute Gasteiger partial charge is 0.376 e. The minimum Gasteiger partial charge on any atom is -0.376 e. The van der Waals surface area contributed by atoms with Crippen molar-refractivity contribution in [3.8, 4) is 0 Å². The first-order valence-electron chi connectivity index (χ1n) is 7.33. The van der Waals surface area contributed by atoms with Crippen LogP contribution in [0.4, 0.5) is 11.4 Å². The molecule has 7 heteroatoms. The van der Waals surface area contributed by atoms with Gasteiger partial charge in [0.25, 0.3) is 11.6 Å². The van der Waals surface area contributed by atoms with Crippen LogP contribution in [0.5, 0.6) is 0 Å². The average molecular weight is 326 g/mol. The zero-order valence-electron chi connectivity index (χ0n) is 13.4. The van der Waals surface area contributed by atoms with Crippen molar-refractivity contribution in [2.45, 2.75) is 13.8 Å². The van der Waals surface area contributed by atoms with Gasteiger partial charge in [-0.25, -0.2) is 5.43 Å². The number of non-ortho nitro benzene ring substituents is 1. The number of nitro benzene ring substituents is 1. The maximum atomic E-state index is 11.8. The van der Waals surface area contributed by atoms with Gasteiger partial charge in [0.1, 0.15) is 0 Å². The summed E-state index contributed by atoms with van der Waals surface area (Å²) in [5, 5.41) is 17.4. The van der Waals surface area contributed by atoms with E-state index in [0.717, 1.165) is 16.8 Å².